The lowest BCUT2D eigenvalue weighted by molar-refractivity contribution is -0.132. The van der Waals surface area contributed by atoms with Gasteiger partial charge in [0.15, 0.2) is 0 Å². The maximum atomic E-state index is 12.2. The monoisotopic (exact) mass is 257 g/mol. The molecule has 1 fully saturated rings. The summed E-state index contributed by atoms with van der Waals surface area (Å²) in [6.45, 7) is 8.33. The van der Waals surface area contributed by atoms with Gasteiger partial charge in [0.2, 0.25) is 5.91 Å². The zero-order valence-corrected chi connectivity index (χ0v) is 11.6. The molecule has 1 aliphatic heterocycles. The van der Waals surface area contributed by atoms with Crippen molar-refractivity contribution in [2.75, 3.05) is 39.3 Å². The van der Waals surface area contributed by atoms with E-state index in [2.05, 4.69) is 18.7 Å². The lowest BCUT2D eigenvalue weighted by Crippen LogP contribution is -2.45. The van der Waals surface area contributed by atoms with Crippen molar-refractivity contribution in [1.29, 1.82) is 0 Å². The highest BCUT2D eigenvalue weighted by Gasteiger charge is 2.23. The first-order chi connectivity index (χ1) is 8.54. The number of amides is 1. The molecule has 0 saturated carbocycles. The van der Waals surface area contributed by atoms with E-state index < -0.39 is 0 Å². The molecule has 1 heterocycles. The fourth-order valence-corrected chi connectivity index (χ4v) is 2.40. The zero-order valence-electron chi connectivity index (χ0n) is 11.6. The van der Waals surface area contributed by atoms with Gasteiger partial charge in [0.05, 0.1) is 12.6 Å². The topological polar surface area (TPSA) is 69.8 Å². The summed E-state index contributed by atoms with van der Waals surface area (Å²) in [4.78, 5) is 16.3. The molecule has 0 aromatic rings. The number of nitrogens with two attached hydrogens (primary N) is 1. The molecule has 1 aliphatic rings. The van der Waals surface area contributed by atoms with Gasteiger partial charge in [0.1, 0.15) is 0 Å². The first-order valence-electron chi connectivity index (χ1n) is 6.92. The third-order valence-electron chi connectivity index (χ3n) is 3.36. The van der Waals surface area contributed by atoms with Gasteiger partial charge in [-0.2, -0.15) is 0 Å². The van der Waals surface area contributed by atoms with Gasteiger partial charge in [-0.3, -0.25) is 9.69 Å². The fraction of sp³-hybridized carbons (Fsp3) is 0.923. The highest BCUT2D eigenvalue weighted by atomic mass is 16.3. The van der Waals surface area contributed by atoms with Crippen molar-refractivity contribution in [3.05, 3.63) is 0 Å². The number of carbonyl (C=O) groups excluding carboxylic acids is 1. The minimum Gasteiger partial charge on any atom is -0.395 e. The predicted octanol–water partition coefficient (Wildman–Crippen LogP) is -0.114. The van der Waals surface area contributed by atoms with Gasteiger partial charge in [0, 0.05) is 26.2 Å². The van der Waals surface area contributed by atoms with Crippen molar-refractivity contribution >= 4 is 5.91 Å². The summed E-state index contributed by atoms with van der Waals surface area (Å²) < 4.78 is 0. The first-order valence-corrected chi connectivity index (χ1v) is 6.92. The second-order valence-electron chi connectivity index (χ2n) is 5.48. The van der Waals surface area contributed by atoms with Crippen LogP contribution in [0.15, 0.2) is 0 Å². The van der Waals surface area contributed by atoms with Gasteiger partial charge in [-0.25, -0.2) is 0 Å². The van der Waals surface area contributed by atoms with Crippen LogP contribution >= 0.6 is 0 Å². The molecule has 3 N–H and O–H groups in total. The van der Waals surface area contributed by atoms with Crippen molar-refractivity contribution in [3.8, 4) is 0 Å². The van der Waals surface area contributed by atoms with E-state index >= 15 is 0 Å². The SMILES string of the molecule is CC(C)C[C@H](N)C(=O)N1CCCN(CCO)CC1. The molecule has 106 valence electrons. The maximum Gasteiger partial charge on any atom is 0.239 e. The van der Waals surface area contributed by atoms with Crippen LogP contribution in [-0.2, 0) is 4.79 Å². The second-order valence-corrected chi connectivity index (χ2v) is 5.48. The van der Waals surface area contributed by atoms with Crippen molar-refractivity contribution in [1.82, 2.24) is 9.80 Å². The van der Waals surface area contributed by atoms with Gasteiger partial charge >= 0.3 is 0 Å². The molecular weight excluding hydrogens is 230 g/mol. The van der Waals surface area contributed by atoms with Crippen LogP contribution in [0.5, 0.6) is 0 Å². The number of aliphatic hydroxyl groups excluding tert-OH is 1. The van der Waals surface area contributed by atoms with Gasteiger partial charge in [-0.05, 0) is 25.3 Å². The molecule has 0 aromatic heterocycles. The highest BCUT2D eigenvalue weighted by molar-refractivity contribution is 5.81. The van der Waals surface area contributed by atoms with Crippen LogP contribution in [-0.4, -0.2) is 66.2 Å². The number of aliphatic hydroxyl groups is 1. The number of β-amino-alcohol motifs (C(OH)–C–C–N with tert-alkyl or cyclic N) is 1. The summed E-state index contributed by atoms with van der Waals surface area (Å²) in [6.07, 6.45) is 1.70. The Hall–Kier alpha value is -0.650. The van der Waals surface area contributed by atoms with Gasteiger partial charge in [-0.1, -0.05) is 13.8 Å². The van der Waals surface area contributed by atoms with Gasteiger partial charge in [-0.15, -0.1) is 0 Å². The van der Waals surface area contributed by atoms with E-state index in [-0.39, 0.29) is 18.6 Å². The summed E-state index contributed by atoms with van der Waals surface area (Å²) >= 11 is 0. The van der Waals surface area contributed by atoms with Crippen molar-refractivity contribution in [3.63, 3.8) is 0 Å². The Morgan fingerprint density at radius 1 is 1.28 bits per heavy atom. The molecular formula is C13H27N3O2. The fourth-order valence-electron chi connectivity index (χ4n) is 2.40. The average Bonchev–Trinajstić information content (AvgIpc) is 2.53. The van der Waals surface area contributed by atoms with E-state index in [4.69, 9.17) is 10.8 Å². The van der Waals surface area contributed by atoms with Crippen LogP contribution in [0.25, 0.3) is 0 Å². The molecule has 0 spiro atoms. The Morgan fingerprint density at radius 2 is 2.00 bits per heavy atom. The molecule has 0 aromatic carbocycles. The molecule has 1 atom stereocenters. The summed E-state index contributed by atoms with van der Waals surface area (Å²) in [7, 11) is 0. The molecule has 0 radical (unpaired) electrons. The first kappa shape index (κ1) is 15.4. The molecule has 5 nitrogen and oxygen atoms in total. The van der Waals surface area contributed by atoms with Crippen LogP contribution in [0, 0.1) is 5.92 Å². The molecule has 1 amide bonds. The summed E-state index contributed by atoms with van der Waals surface area (Å²) in [5.74, 6) is 0.524. The van der Waals surface area contributed by atoms with Crippen molar-refractivity contribution < 1.29 is 9.90 Å². The summed E-state index contributed by atoms with van der Waals surface area (Å²) in [6, 6.07) is -0.366. The largest absolute Gasteiger partial charge is 0.395 e. The van der Waals surface area contributed by atoms with Crippen LogP contribution in [0.1, 0.15) is 26.7 Å². The number of hydrogen-bond acceptors (Lipinski definition) is 4. The van der Waals surface area contributed by atoms with Gasteiger partial charge < -0.3 is 15.7 Å². The number of rotatable bonds is 5. The lowest BCUT2D eigenvalue weighted by Gasteiger charge is -2.25. The summed E-state index contributed by atoms with van der Waals surface area (Å²) in [5.41, 5.74) is 5.95. The van der Waals surface area contributed by atoms with E-state index in [1.807, 2.05) is 4.90 Å². The zero-order chi connectivity index (χ0) is 13.5. The molecule has 18 heavy (non-hydrogen) atoms. The average molecular weight is 257 g/mol. The van der Waals surface area contributed by atoms with Crippen LogP contribution in [0.4, 0.5) is 0 Å². The smallest absolute Gasteiger partial charge is 0.239 e. The Kier molecular flexibility index (Phi) is 6.60. The van der Waals surface area contributed by atoms with Crippen molar-refractivity contribution in [2.45, 2.75) is 32.7 Å². The van der Waals surface area contributed by atoms with E-state index in [1.54, 1.807) is 0 Å². The standard InChI is InChI=1S/C13H27N3O2/c1-11(2)10-12(14)13(18)16-5-3-4-15(6-7-16)8-9-17/h11-12,17H,3-10,14H2,1-2H3/t12-/m0/s1. The number of carbonyl (C=O) groups is 1. The van der Waals surface area contributed by atoms with Crippen LogP contribution in [0.3, 0.4) is 0 Å². The molecule has 0 aliphatic carbocycles. The van der Waals surface area contributed by atoms with Crippen LogP contribution < -0.4 is 5.73 Å². The normalized spacial score (nSPS) is 19.9. The Bertz CT molecular complexity index is 259. The Morgan fingerprint density at radius 3 is 2.61 bits per heavy atom. The maximum absolute atomic E-state index is 12.2. The third kappa shape index (κ3) is 4.92. The van der Waals surface area contributed by atoms with Crippen LogP contribution in [0.2, 0.25) is 0 Å². The van der Waals surface area contributed by atoms with E-state index in [1.165, 1.54) is 0 Å². The molecule has 5 heteroatoms. The molecule has 0 bridgehead atoms. The van der Waals surface area contributed by atoms with E-state index in [0.29, 0.717) is 12.5 Å². The second kappa shape index (κ2) is 7.71. The quantitative estimate of drug-likeness (QED) is 0.721. The van der Waals surface area contributed by atoms with Crippen molar-refractivity contribution in [2.24, 2.45) is 11.7 Å². The minimum atomic E-state index is -0.366. The highest BCUT2D eigenvalue weighted by Crippen LogP contribution is 2.09. The van der Waals surface area contributed by atoms with E-state index in [0.717, 1.165) is 39.0 Å². The lowest BCUT2D eigenvalue weighted by atomic mass is 10.0. The number of nitrogens with zero attached hydrogens (tertiary/aromatic N) is 2. The van der Waals surface area contributed by atoms with E-state index in [9.17, 15) is 4.79 Å². The number of hydrogen-bond donors (Lipinski definition) is 2. The molecule has 1 rings (SSSR count). The third-order valence-corrected chi connectivity index (χ3v) is 3.36. The molecule has 0 unspecified atom stereocenters. The predicted molar refractivity (Wildman–Crippen MR) is 72.2 cm³/mol. The Balaban J connectivity index is 2.44. The summed E-state index contributed by atoms with van der Waals surface area (Å²) in [5, 5.41) is 8.93. The minimum absolute atomic E-state index is 0.0783. The Labute approximate surface area is 110 Å². The van der Waals surface area contributed by atoms with Gasteiger partial charge in [0.25, 0.3) is 0 Å². The molecule has 1 saturated heterocycles.